The Morgan fingerprint density at radius 3 is 2.35 bits per heavy atom. The standard InChI is InChI=1S/C46H50N11O11P/c1-27-16-32-22-47-34-21-39(38(66-6)20-33(34)45(61)57(32)23-27)67-13-7-8-41(58)50-40-26-55(4)42(51-40)44(60)49-30-18-36(53(2)24-30)43(59)48-31-19-37(54(3)25-31)46(62)56-12-11-28-17-29(9-10-35(28)56)52-69(63,64)68-15-14-65-5/h9-12,17-22,24-26,32H,1,7-8,13-16,23H2,2-6H3,(H,48,59)(H,49,60)(H,50,58)(H2,52,63,64)/t32-/m0/s1. The van der Waals surface area contributed by atoms with Gasteiger partial charge in [0.1, 0.15) is 11.4 Å². The van der Waals surface area contributed by atoms with Gasteiger partial charge in [0, 0.05) is 89.4 Å². The Hall–Kier alpha value is -7.78. The highest BCUT2D eigenvalue weighted by atomic mass is 31.2. The van der Waals surface area contributed by atoms with E-state index in [-0.39, 0.29) is 67.1 Å². The van der Waals surface area contributed by atoms with Crippen LogP contribution in [-0.4, -0.2) is 115 Å². The number of fused-ring (bicyclic) bond motifs is 3. The summed E-state index contributed by atoms with van der Waals surface area (Å²) in [5, 5.41) is 11.4. The first-order valence-corrected chi connectivity index (χ1v) is 23.1. The van der Waals surface area contributed by atoms with E-state index in [1.165, 1.54) is 46.3 Å². The molecular formula is C46H50N11O11P. The van der Waals surface area contributed by atoms with Crippen LogP contribution in [0.4, 0.5) is 28.6 Å². The summed E-state index contributed by atoms with van der Waals surface area (Å²) in [6, 6.07) is 12.6. The highest BCUT2D eigenvalue weighted by Crippen LogP contribution is 2.42. The van der Waals surface area contributed by atoms with E-state index in [0.717, 1.165) is 5.57 Å². The highest BCUT2D eigenvalue weighted by molar-refractivity contribution is 7.54. The predicted octanol–water partition coefficient (Wildman–Crippen LogP) is 5.71. The van der Waals surface area contributed by atoms with Crippen LogP contribution in [0.2, 0.25) is 0 Å². The average molecular weight is 964 g/mol. The molecule has 6 heterocycles. The third-order valence-electron chi connectivity index (χ3n) is 11.3. The number of hydrogen-bond acceptors (Lipinski definition) is 12. The van der Waals surface area contributed by atoms with Gasteiger partial charge in [-0.1, -0.05) is 12.2 Å². The van der Waals surface area contributed by atoms with E-state index >= 15 is 0 Å². The van der Waals surface area contributed by atoms with Crippen molar-refractivity contribution in [2.75, 3.05) is 61.6 Å². The van der Waals surface area contributed by atoms with Gasteiger partial charge in [0.05, 0.1) is 61.1 Å². The molecule has 4 aromatic heterocycles. The second-order valence-corrected chi connectivity index (χ2v) is 17.9. The molecule has 0 aliphatic carbocycles. The van der Waals surface area contributed by atoms with Crippen molar-refractivity contribution in [2.45, 2.75) is 25.3 Å². The lowest BCUT2D eigenvalue weighted by Crippen LogP contribution is -2.35. The lowest BCUT2D eigenvalue weighted by molar-refractivity contribution is -0.116. The average Bonchev–Trinajstić information content (AvgIpc) is 4.13. The maximum absolute atomic E-state index is 13.7. The Bertz CT molecular complexity index is 3110. The number of imidazole rings is 1. The van der Waals surface area contributed by atoms with Gasteiger partial charge in [-0.2, -0.15) is 0 Å². The summed E-state index contributed by atoms with van der Waals surface area (Å²) < 4.78 is 39.7. The van der Waals surface area contributed by atoms with Crippen molar-refractivity contribution in [2.24, 2.45) is 26.1 Å². The van der Waals surface area contributed by atoms with Crippen LogP contribution in [0.5, 0.6) is 11.5 Å². The van der Waals surface area contributed by atoms with E-state index in [9.17, 15) is 33.4 Å². The van der Waals surface area contributed by atoms with Crippen molar-refractivity contribution in [3.8, 4) is 11.5 Å². The third kappa shape index (κ3) is 10.5. The number of benzene rings is 2. The number of nitrogens with one attached hydrogen (secondary N) is 4. The van der Waals surface area contributed by atoms with E-state index in [1.54, 1.807) is 91.8 Å². The fourth-order valence-electron chi connectivity index (χ4n) is 8.00. The second kappa shape index (κ2) is 19.8. The van der Waals surface area contributed by atoms with Crippen LogP contribution in [0.25, 0.3) is 10.9 Å². The van der Waals surface area contributed by atoms with Crippen molar-refractivity contribution < 1.29 is 52.2 Å². The molecule has 1 saturated heterocycles. The van der Waals surface area contributed by atoms with Gasteiger partial charge in [-0.3, -0.25) is 43.1 Å². The number of aromatic nitrogens is 5. The number of hydrogen-bond donors (Lipinski definition) is 5. The maximum atomic E-state index is 13.7. The molecule has 2 atom stereocenters. The predicted molar refractivity (Wildman–Crippen MR) is 256 cm³/mol. The smallest absolute Gasteiger partial charge is 0.430 e. The van der Waals surface area contributed by atoms with E-state index < -0.39 is 25.5 Å². The minimum Gasteiger partial charge on any atom is -0.493 e. The largest absolute Gasteiger partial charge is 0.493 e. The summed E-state index contributed by atoms with van der Waals surface area (Å²) in [5.74, 6) is -1.09. The van der Waals surface area contributed by atoms with Crippen LogP contribution in [0.1, 0.15) is 61.2 Å². The Labute approximate surface area is 395 Å². The molecule has 6 aromatic rings. The number of carbonyl (C=O) groups excluding carboxylic acids is 5. The molecule has 1 fully saturated rings. The highest BCUT2D eigenvalue weighted by Gasteiger charge is 2.34. The monoisotopic (exact) mass is 963 g/mol. The zero-order valence-corrected chi connectivity index (χ0v) is 39.2. The van der Waals surface area contributed by atoms with Gasteiger partial charge in [-0.25, -0.2) is 9.55 Å². The second-order valence-electron chi connectivity index (χ2n) is 16.4. The Morgan fingerprint density at radius 1 is 0.855 bits per heavy atom. The lowest BCUT2D eigenvalue weighted by atomic mass is 10.1. The summed E-state index contributed by atoms with van der Waals surface area (Å²) >= 11 is 0. The van der Waals surface area contributed by atoms with Gasteiger partial charge in [0.15, 0.2) is 17.3 Å². The Kier molecular flexibility index (Phi) is 13.7. The molecule has 22 nitrogen and oxygen atoms in total. The van der Waals surface area contributed by atoms with Crippen LogP contribution in [0, 0.1) is 0 Å². The maximum Gasteiger partial charge on any atom is 0.430 e. The molecule has 5 N–H and O–H groups in total. The van der Waals surface area contributed by atoms with Crippen molar-refractivity contribution in [1.82, 2.24) is 28.2 Å². The summed E-state index contributed by atoms with van der Waals surface area (Å²) in [6.45, 7) is 4.71. The molecule has 69 heavy (non-hydrogen) atoms. The first-order chi connectivity index (χ1) is 33.0. The van der Waals surface area contributed by atoms with Crippen molar-refractivity contribution in [3.63, 3.8) is 0 Å². The number of anilines is 4. The Morgan fingerprint density at radius 2 is 1.59 bits per heavy atom. The van der Waals surface area contributed by atoms with Crippen molar-refractivity contribution >= 4 is 83.0 Å². The van der Waals surface area contributed by atoms with Gasteiger partial charge in [0.25, 0.3) is 23.6 Å². The summed E-state index contributed by atoms with van der Waals surface area (Å²) in [7, 11) is 3.68. The molecular weight excluding hydrogens is 914 g/mol. The fraction of sp³-hybridized carbons (Fsp3) is 0.283. The van der Waals surface area contributed by atoms with Gasteiger partial charge in [-0.05, 0) is 55.3 Å². The SMILES string of the molecule is C=C1C[C@H]2C=Nc3cc(OCCCC(=O)Nc4cn(C)c(C(=O)Nc5cc(C(=O)Nc6cc(C(=O)n7ccc8cc(NP(=O)(O)OCCOC)ccc87)n(C)c6)n(C)c5)n4)c(OC)cc3C(=O)N2C1. The molecule has 360 valence electrons. The van der Waals surface area contributed by atoms with Crippen LogP contribution >= 0.6 is 7.75 Å². The molecule has 8 rings (SSSR count). The fourth-order valence-corrected chi connectivity index (χ4v) is 8.85. The van der Waals surface area contributed by atoms with E-state index in [0.29, 0.717) is 70.1 Å². The summed E-state index contributed by atoms with van der Waals surface area (Å²) in [6.07, 6.45) is 9.05. The Balaban J connectivity index is 0.828. The van der Waals surface area contributed by atoms with Crippen LogP contribution in [0.3, 0.4) is 0 Å². The molecule has 4 amide bonds. The van der Waals surface area contributed by atoms with Crippen LogP contribution < -0.4 is 30.5 Å². The summed E-state index contributed by atoms with van der Waals surface area (Å²) in [4.78, 5) is 87.4. The van der Waals surface area contributed by atoms with Crippen LogP contribution in [0.15, 0.2) is 90.5 Å². The zero-order chi connectivity index (χ0) is 49.1. The molecule has 0 saturated carbocycles. The van der Waals surface area contributed by atoms with E-state index in [2.05, 4.69) is 37.6 Å². The number of rotatable bonds is 18. The molecule has 0 spiro atoms. The number of aliphatic imine (C=N–C) groups is 1. The first kappa shape index (κ1) is 47.7. The molecule has 1 unspecified atom stereocenters. The molecule has 2 aliphatic rings. The van der Waals surface area contributed by atoms with Crippen molar-refractivity contribution in [3.05, 3.63) is 108 Å². The summed E-state index contributed by atoms with van der Waals surface area (Å²) in [5.41, 5.74) is 3.81. The molecule has 23 heteroatoms. The number of nitrogens with zero attached hydrogens (tertiary/aromatic N) is 7. The third-order valence-corrected chi connectivity index (χ3v) is 12.4. The number of aryl methyl sites for hydroxylation is 3. The molecule has 0 radical (unpaired) electrons. The number of methoxy groups -OCH3 is 2. The lowest BCUT2D eigenvalue weighted by Gasteiger charge is -2.20. The van der Waals surface area contributed by atoms with Crippen LogP contribution in [-0.2, 0) is 39.8 Å². The van der Waals surface area contributed by atoms with E-state index in [4.69, 9.17) is 18.7 Å². The number of ether oxygens (including phenoxy) is 3. The minimum absolute atomic E-state index is 0.00125. The number of amides is 4. The zero-order valence-electron chi connectivity index (χ0n) is 38.3. The van der Waals surface area contributed by atoms with Gasteiger partial charge in [-0.15, -0.1) is 0 Å². The molecule has 2 aliphatic heterocycles. The first-order valence-electron chi connectivity index (χ1n) is 21.6. The molecule has 0 bridgehead atoms. The normalized spacial score (nSPS) is 15.0. The number of carbonyl (C=O) groups is 5. The quantitative estimate of drug-likeness (QED) is 0.0393. The van der Waals surface area contributed by atoms with Gasteiger partial charge in [0.2, 0.25) is 11.7 Å². The minimum atomic E-state index is -4.15. The van der Waals surface area contributed by atoms with Gasteiger partial charge >= 0.3 is 7.75 Å². The van der Waals surface area contributed by atoms with E-state index in [1.807, 2.05) is 0 Å². The topological polar surface area (TPSA) is 256 Å². The van der Waals surface area contributed by atoms with Gasteiger partial charge < -0.3 is 53.7 Å². The molecule has 2 aromatic carbocycles. The van der Waals surface area contributed by atoms with Crippen molar-refractivity contribution in [1.29, 1.82) is 0 Å².